The van der Waals surface area contributed by atoms with Crippen LogP contribution in [0.2, 0.25) is 0 Å². The summed E-state index contributed by atoms with van der Waals surface area (Å²) in [5.41, 5.74) is 3.34. The molecule has 0 fully saturated rings. The van der Waals surface area contributed by atoms with E-state index in [1.807, 2.05) is 18.2 Å². The van der Waals surface area contributed by atoms with Gasteiger partial charge >= 0.3 is 0 Å². The van der Waals surface area contributed by atoms with E-state index in [0.29, 0.717) is 54.3 Å². The number of nitriles is 1. The van der Waals surface area contributed by atoms with Gasteiger partial charge in [-0.15, -0.1) is 0 Å². The Balaban J connectivity index is 1.66. The Bertz CT molecular complexity index is 1220. The van der Waals surface area contributed by atoms with Crippen LogP contribution in [0.4, 0.5) is 5.82 Å². The van der Waals surface area contributed by atoms with Crippen molar-refractivity contribution in [3.8, 4) is 23.1 Å². The number of hydrogen-bond acceptors (Lipinski definition) is 8. The lowest BCUT2D eigenvalue weighted by atomic mass is 9.98. The van der Waals surface area contributed by atoms with E-state index in [9.17, 15) is 9.59 Å². The van der Waals surface area contributed by atoms with Crippen LogP contribution in [0.5, 0.6) is 5.75 Å². The third-order valence-corrected chi connectivity index (χ3v) is 5.55. The minimum atomic E-state index is -0.167. The summed E-state index contributed by atoms with van der Waals surface area (Å²) in [5.74, 6) is 1.14. The number of carbonyl (C=O) groups is 2. The summed E-state index contributed by atoms with van der Waals surface area (Å²) < 4.78 is 5.51. The molecule has 1 amide bonds. The largest absolute Gasteiger partial charge is 0.496 e. The highest BCUT2D eigenvalue weighted by Gasteiger charge is 2.15. The predicted octanol–water partition coefficient (Wildman–Crippen LogP) is 4.00. The molecular formula is C26H28N6O3. The number of nitrogens with one attached hydrogen (secondary N) is 2. The van der Waals surface area contributed by atoms with Gasteiger partial charge in [-0.3, -0.25) is 14.6 Å². The quantitative estimate of drug-likeness (QED) is 0.316. The number of ether oxygens (including phenoxy) is 1. The van der Waals surface area contributed by atoms with Crippen molar-refractivity contribution in [1.29, 1.82) is 5.26 Å². The minimum absolute atomic E-state index is 0.0788. The Hall–Kier alpha value is -4.32. The zero-order valence-electron chi connectivity index (χ0n) is 20.0. The molecule has 1 aromatic carbocycles. The first-order valence-electron chi connectivity index (χ1n) is 11.3. The van der Waals surface area contributed by atoms with Crippen molar-refractivity contribution in [1.82, 2.24) is 20.3 Å². The lowest BCUT2D eigenvalue weighted by Gasteiger charge is -2.17. The maximum Gasteiger partial charge on any atom is 0.251 e. The predicted molar refractivity (Wildman–Crippen MR) is 132 cm³/mol. The average molecular weight is 473 g/mol. The normalized spacial score (nSPS) is 11.3. The van der Waals surface area contributed by atoms with Crippen LogP contribution in [-0.2, 0) is 0 Å². The van der Waals surface area contributed by atoms with Crippen molar-refractivity contribution < 1.29 is 14.3 Å². The number of rotatable bonds is 11. The molecule has 0 unspecified atom stereocenters. The number of carbonyl (C=O) groups excluding carboxylic acids is 2. The molecular weight excluding hydrogens is 444 g/mol. The smallest absolute Gasteiger partial charge is 0.251 e. The Labute approximate surface area is 204 Å². The van der Waals surface area contributed by atoms with Crippen molar-refractivity contribution in [3.05, 3.63) is 65.7 Å². The van der Waals surface area contributed by atoms with Crippen molar-refractivity contribution >= 4 is 17.5 Å². The molecule has 2 N–H and O–H groups in total. The third-order valence-electron chi connectivity index (χ3n) is 5.55. The summed E-state index contributed by atoms with van der Waals surface area (Å²) in [7, 11) is 3.18. The standard InChI is InChI=1S/C26H28N6O3/c1-17(20-9-7-18(26(34)28-2)12-24(20)35-3)14-30-25-13-22(31-16-32-25)19-8-10-21(29-15-19)23(33)6-4-5-11-27/h7-10,12-13,15-17H,4-6,14H2,1-3H3,(H,28,34)(H,30,31,32)/t17-/m1/s1. The topological polar surface area (TPSA) is 130 Å². The number of benzene rings is 1. The number of hydrogen-bond donors (Lipinski definition) is 2. The van der Waals surface area contributed by atoms with Crippen LogP contribution in [0.25, 0.3) is 11.3 Å². The fourth-order valence-corrected chi connectivity index (χ4v) is 3.55. The first-order valence-corrected chi connectivity index (χ1v) is 11.3. The van der Waals surface area contributed by atoms with Gasteiger partial charge in [0, 0.05) is 55.7 Å². The van der Waals surface area contributed by atoms with Crippen LogP contribution in [0.1, 0.15) is 58.5 Å². The van der Waals surface area contributed by atoms with Crippen molar-refractivity contribution in [3.63, 3.8) is 0 Å². The monoisotopic (exact) mass is 472 g/mol. The summed E-state index contributed by atoms with van der Waals surface area (Å²) in [6, 6.07) is 12.8. The van der Waals surface area contributed by atoms with Gasteiger partial charge in [0.2, 0.25) is 0 Å². The fourth-order valence-electron chi connectivity index (χ4n) is 3.55. The molecule has 3 rings (SSSR count). The Morgan fingerprint density at radius 2 is 1.97 bits per heavy atom. The van der Waals surface area contributed by atoms with Gasteiger partial charge in [0.25, 0.3) is 5.91 Å². The molecule has 1 atom stereocenters. The SMILES string of the molecule is CNC(=O)c1ccc([C@H](C)CNc2cc(-c3ccc(C(=O)CCCC#N)nc3)ncn2)c(OC)c1. The Morgan fingerprint density at radius 1 is 1.14 bits per heavy atom. The number of unbranched alkanes of at least 4 members (excludes halogenated alkanes) is 1. The van der Waals surface area contributed by atoms with Crippen LogP contribution in [0.3, 0.4) is 0 Å². The number of amides is 1. The molecule has 0 aliphatic carbocycles. The van der Waals surface area contributed by atoms with E-state index >= 15 is 0 Å². The molecule has 0 aliphatic rings. The first-order chi connectivity index (χ1) is 17.0. The van der Waals surface area contributed by atoms with Crippen LogP contribution in [0, 0.1) is 11.3 Å². The molecule has 0 radical (unpaired) electrons. The highest BCUT2D eigenvalue weighted by molar-refractivity contribution is 5.95. The van der Waals surface area contributed by atoms with Gasteiger partial charge in [0.05, 0.1) is 18.9 Å². The molecule has 9 heteroatoms. The number of ketones is 1. The summed E-state index contributed by atoms with van der Waals surface area (Å²) >= 11 is 0. The molecule has 0 aliphatic heterocycles. The van der Waals surface area contributed by atoms with Gasteiger partial charge < -0.3 is 15.4 Å². The van der Waals surface area contributed by atoms with Gasteiger partial charge in [-0.2, -0.15) is 5.26 Å². The summed E-state index contributed by atoms with van der Waals surface area (Å²) in [5, 5.41) is 14.5. The van der Waals surface area contributed by atoms with Gasteiger partial charge in [-0.1, -0.05) is 13.0 Å². The van der Waals surface area contributed by atoms with Gasteiger partial charge in [-0.05, 0) is 36.2 Å². The lowest BCUT2D eigenvalue weighted by molar-refractivity contribution is 0.0959. The van der Waals surface area contributed by atoms with Crippen molar-refractivity contribution in [2.45, 2.75) is 32.1 Å². The van der Waals surface area contributed by atoms with Gasteiger partial charge in [0.15, 0.2) is 5.78 Å². The van der Waals surface area contributed by atoms with Crippen molar-refractivity contribution in [2.24, 2.45) is 0 Å². The zero-order valence-corrected chi connectivity index (χ0v) is 20.0. The molecule has 9 nitrogen and oxygen atoms in total. The Morgan fingerprint density at radius 3 is 2.66 bits per heavy atom. The summed E-state index contributed by atoms with van der Waals surface area (Å²) in [6.45, 7) is 2.64. The number of aromatic nitrogens is 3. The maximum atomic E-state index is 12.2. The highest BCUT2D eigenvalue weighted by atomic mass is 16.5. The third kappa shape index (κ3) is 6.60. The number of methoxy groups -OCH3 is 1. The second-order valence-electron chi connectivity index (χ2n) is 7.97. The molecule has 0 bridgehead atoms. The van der Waals surface area contributed by atoms with E-state index in [0.717, 1.165) is 11.1 Å². The second kappa shape index (κ2) is 12.2. The number of Topliss-reactive ketones (excluding diaryl/α,β-unsaturated/α-hetero) is 1. The van der Waals surface area contributed by atoms with E-state index < -0.39 is 0 Å². The van der Waals surface area contributed by atoms with E-state index in [1.165, 1.54) is 6.33 Å². The minimum Gasteiger partial charge on any atom is -0.496 e. The molecule has 180 valence electrons. The summed E-state index contributed by atoms with van der Waals surface area (Å²) in [6.07, 6.45) is 4.28. The molecule has 0 spiro atoms. The zero-order chi connectivity index (χ0) is 25.2. The molecule has 35 heavy (non-hydrogen) atoms. The number of anilines is 1. The second-order valence-corrected chi connectivity index (χ2v) is 7.97. The molecule has 0 saturated heterocycles. The van der Waals surface area contributed by atoms with Gasteiger partial charge in [-0.25, -0.2) is 9.97 Å². The van der Waals surface area contributed by atoms with Crippen LogP contribution < -0.4 is 15.4 Å². The van der Waals surface area contributed by atoms with Crippen molar-refractivity contribution in [2.75, 3.05) is 26.0 Å². The molecule has 2 aromatic heterocycles. The average Bonchev–Trinajstić information content (AvgIpc) is 2.91. The molecule has 0 saturated carbocycles. The first kappa shape index (κ1) is 25.3. The van der Waals surface area contributed by atoms with E-state index in [2.05, 4.69) is 32.5 Å². The number of pyridine rings is 1. The van der Waals surface area contributed by atoms with Gasteiger partial charge in [0.1, 0.15) is 23.6 Å². The highest BCUT2D eigenvalue weighted by Crippen LogP contribution is 2.28. The number of nitrogens with zero attached hydrogens (tertiary/aromatic N) is 4. The van der Waals surface area contributed by atoms with E-state index in [-0.39, 0.29) is 17.6 Å². The summed E-state index contributed by atoms with van der Waals surface area (Å²) in [4.78, 5) is 37.0. The molecule has 3 aromatic rings. The fraction of sp³-hybridized carbons (Fsp3) is 0.308. The molecule has 2 heterocycles. The lowest BCUT2D eigenvalue weighted by Crippen LogP contribution is -2.18. The van der Waals surface area contributed by atoms with Crippen LogP contribution >= 0.6 is 0 Å². The van der Waals surface area contributed by atoms with E-state index in [4.69, 9.17) is 10.00 Å². The van der Waals surface area contributed by atoms with E-state index in [1.54, 1.807) is 44.6 Å². The maximum absolute atomic E-state index is 12.2. The van der Waals surface area contributed by atoms with Crippen LogP contribution in [-0.4, -0.2) is 47.3 Å². The Kier molecular flexibility index (Phi) is 8.84. The van der Waals surface area contributed by atoms with Crippen LogP contribution in [0.15, 0.2) is 48.9 Å².